The van der Waals surface area contributed by atoms with E-state index >= 15 is 0 Å². The van der Waals surface area contributed by atoms with E-state index in [0.717, 1.165) is 10.6 Å². The highest BCUT2D eigenvalue weighted by Crippen LogP contribution is 2.09. The minimum Gasteiger partial charge on any atom is -0.276 e. The van der Waals surface area contributed by atoms with E-state index in [0.29, 0.717) is 12.5 Å². The summed E-state index contributed by atoms with van der Waals surface area (Å²) in [6.07, 6.45) is 0. The molecule has 0 spiro atoms. The van der Waals surface area contributed by atoms with Crippen LogP contribution in [-0.2, 0) is 6.54 Å². The molecule has 74 valence electrons. The summed E-state index contributed by atoms with van der Waals surface area (Å²) in [7, 11) is 0. The quantitative estimate of drug-likeness (QED) is 0.569. The van der Waals surface area contributed by atoms with Crippen LogP contribution in [0.25, 0.3) is 0 Å². The van der Waals surface area contributed by atoms with Crippen molar-refractivity contribution in [3.8, 4) is 0 Å². The largest absolute Gasteiger partial charge is 0.276 e. The van der Waals surface area contributed by atoms with Crippen molar-refractivity contribution >= 4 is 17.6 Å². The Morgan fingerprint density at radius 2 is 1.71 bits per heavy atom. The highest BCUT2D eigenvalue weighted by molar-refractivity contribution is 6.30. The Balaban J connectivity index is 1.97. The molecule has 1 aliphatic rings. The first-order chi connectivity index (χ1) is 6.84. The number of guanidine groups is 1. The minimum atomic E-state index is 0.607. The Bertz CT molecular complexity index is 326. The fourth-order valence-electron chi connectivity index (χ4n) is 1.05. The second kappa shape index (κ2) is 4.28. The Morgan fingerprint density at radius 1 is 1.07 bits per heavy atom. The number of aliphatic imine (C=N–C) groups is 1. The second-order valence-corrected chi connectivity index (χ2v) is 3.23. The molecule has 1 aromatic carbocycles. The van der Waals surface area contributed by atoms with Gasteiger partial charge in [0.1, 0.15) is 0 Å². The van der Waals surface area contributed by atoms with Gasteiger partial charge in [-0.3, -0.25) is 10.9 Å². The third-order valence-corrected chi connectivity index (χ3v) is 2.01. The molecule has 0 aromatic heterocycles. The molecule has 2 rings (SSSR count). The molecule has 0 aliphatic carbocycles. The van der Waals surface area contributed by atoms with Gasteiger partial charge in [0.05, 0.1) is 6.54 Å². The van der Waals surface area contributed by atoms with Crippen molar-refractivity contribution in [3.63, 3.8) is 0 Å². The molecule has 1 fully saturated rings. The summed E-state index contributed by atoms with van der Waals surface area (Å²) < 4.78 is 0. The zero-order chi connectivity index (χ0) is 9.80. The fourth-order valence-corrected chi connectivity index (χ4v) is 1.18. The summed E-state index contributed by atoms with van der Waals surface area (Å²) in [5.74, 6) is 0.667. The maximum atomic E-state index is 5.76. The summed E-state index contributed by atoms with van der Waals surface area (Å²) in [6, 6.07) is 7.59. The molecule has 0 amide bonds. The first kappa shape index (κ1) is 9.26. The van der Waals surface area contributed by atoms with Crippen LogP contribution in [0.15, 0.2) is 29.3 Å². The van der Waals surface area contributed by atoms with Crippen LogP contribution in [0.1, 0.15) is 5.56 Å². The van der Waals surface area contributed by atoms with E-state index < -0.39 is 0 Å². The van der Waals surface area contributed by atoms with E-state index in [9.17, 15) is 0 Å². The standard InChI is InChI=1S/C8H10ClN5/c9-7-3-1-6(2-4-7)5-10-8-11-13-14-12-8/h1-4,13-14H,5H2,(H2,10,11,12). The molecule has 4 N–H and O–H groups in total. The van der Waals surface area contributed by atoms with Gasteiger partial charge < -0.3 is 0 Å². The molecular weight excluding hydrogens is 202 g/mol. The number of nitrogens with zero attached hydrogens (tertiary/aromatic N) is 1. The minimum absolute atomic E-state index is 0.607. The molecule has 0 radical (unpaired) electrons. The number of rotatable bonds is 2. The predicted octanol–water partition coefficient (Wildman–Crippen LogP) is 0.313. The van der Waals surface area contributed by atoms with E-state index in [1.807, 2.05) is 24.3 Å². The highest BCUT2D eigenvalue weighted by Gasteiger charge is 2.02. The molecule has 0 atom stereocenters. The smallest absolute Gasteiger partial charge is 0.223 e. The third-order valence-electron chi connectivity index (χ3n) is 1.76. The van der Waals surface area contributed by atoms with E-state index in [4.69, 9.17) is 11.6 Å². The summed E-state index contributed by atoms with van der Waals surface area (Å²) in [5, 5.41) is 0.738. The first-order valence-electron chi connectivity index (χ1n) is 4.15. The van der Waals surface area contributed by atoms with Crippen LogP contribution in [-0.4, -0.2) is 5.96 Å². The number of halogens is 1. The second-order valence-electron chi connectivity index (χ2n) is 2.79. The lowest BCUT2D eigenvalue weighted by molar-refractivity contribution is 0.556. The molecule has 1 saturated heterocycles. The van der Waals surface area contributed by atoms with Crippen LogP contribution < -0.4 is 21.9 Å². The van der Waals surface area contributed by atoms with Gasteiger partial charge in [-0.2, -0.15) is 11.1 Å². The van der Waals surface area contributed by atoms with Crippen LogP contribution in [0, 0.1) is 0 Å². The number of benzene rings is 1. The van der Waals surface area contributed by atoms with Gasteiger partial charge in [0.2, 0.25) is 5.96 Å². The van der Waals surface area contributed by atoms with Gasteiger partial charge >= 0.3 is 0 Å². The molecule has 1 aromatic rings. The Labute approximate surface area is 86.5 Å². The van der Waals surface area contributed by atoms with Crippen molar-refractivity contribution in [3.05, 3.63) is 34.9 Å². The topological polar surface area (TPSA) is 60.5 Å². The maximum absolute atomic E-state index is 5.76. The van der Waals surface area contributed by atoms with Gasteiger partial charge in [-0.1, -0.05) is 23.7 Å². The molecule has 0 saturated carbocycles. The summed E-state index contributed by atoms with van der Waals surface area (Å²) in [5.41, 5.74) is 12.0. The first-order valence-corrected chi connectivity index (χ1v) is 4.53. The van der Waals surface area contributed by atoms with Gasteiger partial charge in [0.25, 0.3) is 0 Å². The van der Waals surface area contributed by atoms with Crippen LogP contribution in [0.4, 0.5) is 0 Å². The van der Waals surface area contributed by atoms with Crippen molar-refractivity contribution < 1.29 is 0 Å². The monoisotopic (exact) mass is 211 g/mol. The molecule has 1 aliphatic heterocycles. The van der Waals surface area contributed by atoms with Gasteiger partial charge in [-0.05, 0) is 17.7 Å². The van der Waals surface area contributed by atoms with Crippen molar-refractivity contribution in [2.75, 3.05) is 0 Å². The normalized spacial score (nSPS) is 14.8. The van der Waals surface area contributed by atoms with Gasteiger partial charge in [0.15, 0.2) is 0 Å². The lowest BCUT2D eigenvalue weighted by Gasteiger charge is -1.98. The summed E-state index contributed by atoms with van der Waals surface area (Å²) in [4.78, 5) is 4.25. The fraction of sp³-hybridized carbons (Fsp3) is 0.125. The number of hydrazine groups is 3. The summed E-state index contributed by atoms with van der Waals surface area (Å²) in [6.45, 7) is 0.607. The van der Waals surface area contributed by atoms with Gasteiger partial charge in [-0.25, -0.2) is 4.99 Å². The average molecular weight is 212 g/mol. The van der Waals surface area contributed by atoms with Crippen molar-refractivity contribution in [2.45, 2.75) is 6.54 Å². The van der Waals surface area contributed by atoms with E-state index in [2.05, 4.69) is 26.9 Å². The van der Waals surface area contributed by atoms with E-state index in [1.165, 1.54) is 0 Å². The van der Waals surface area contributed by atoms with Crippen molar-refractivity contribution in [1.29, 1.82) is 0 Å². The molecule has 0 unspecified atom stereocenters. The van der Waals surface area contributed by atoms with E-state index in [-0.39, 0.29) is 0 Å². The predicted molar refractivity (Wildman–Crippen MR) is 55.1 cm³/mol. The maximum Gasteiger partial charge on any atom is 0.223 e. The molecule has 0 bridgehead atoms. The molecule has 6 heteroatoms. The Morgan fingerprint density at radius 3 is 2.36 bits per heavy atom. The number of nitrogens with one attached hydrogen (secondary N) is 4. The molecule has 5 nitrogen and oxygen atoms in total. The Hall–Kier alpha value is -1.30. The molecule has 1 heterocycles. The zero-order valence-corrected chi connectivity index (χ0v) is 8.10. The van der Waals surface area contributed by atoms with Gasteiger partial charge in [-0.15, -0.1) is 0 Å². The third kappa shape index (κ3) is 2.35. The summed E-state index contributed by atoms with van der Waals surface area (Å²) >= 11 is 5.76. The number of hydrogen-bond donors (Lipinski definition) is 4. The SMILES string of the molecule is Clc1ccc(CN=C2NNNN2)cc1. The molecule has 14 heavy (non-hydrogen) atoms. The zero-order valence-electron chi connectivity index (χ0n) is 7.34. The lowest BCUT2D eigenvalue weighted by Crippen LogP contribution is -2.33. The number of hydrogen-bond acceptors (Lipinski definition) is 3. The van der Waals surface area contributed by atoms with Crippen molar-refractivity contribution in [1.82, 2.24) is 21.9 Å². The highest BCUT2D eigenvalue weighted by atomic mass is 35.5. The van der Waals surface area contributed by atoms with Crippen LogP contribution in [0.3, 0.4) is 0 Å². The van der Waals surface area contributed by atoms with Crippen LogP contribution in [0.5, 0.6) is 0 Å². The Kier molecular flexibility index (Phi) is 2.83. The van der Waals surface area contributed by atoms with E-state index in [1.54, 1.807) is 0 Å². The average Bonchev–Trinajstić information content (AvgIpc) is 2.70. The molecular formula is C8H10ClN5. The van der Waals surface area contributed by atoms with Gasteiger partial charge in [0, 0.05) is 5.02 Å². The van der Waals surface area contributed by atoms with Crippen molar-refractivity contribution in [2.24, 2.45) is 4.99 Å². The van der Waals surface area contributed by atoms with Crippen LogP contribution in [0.2, 0.25) is 5.02 Å². The van der Waals surface area contributed by atoms with Crippen LogP contribution >= 0.6 is 11.6 Å². The lowest BCUT2D eigenvalue weighted by atomic mass is 10.2.